The number of hydrogen-bond donors (Lipinski definition) is 3. The Kier molecular flexibility index (Phi) is 4.60. The summed E-state index contributed by atoms with van der Waals surface area (Å²) in [7, 11) is 1.31. The lowest BCUT2D eigenvalue weighted by molar-refractivity contribution is 0.0600. The number of hydrazone groups is 1. The summed E-state index contributed by atoms with van der Waals surface area (Å²) in [6, 6.07) is 6.55. The fourth-order valence-electron chi connectivity index (χ4n) is 1.34. The monoisotopic (exact) mass is 259 g/mol. The number of aryl methyl sites for hydroxylation is 1. The van der Waals surface area contributed by atoms with Crippen molar-refractivity contribution in [2.75, 3.05) is 12.5 Å². The molecular weight excluding hydrogens is 246 g/mol. The largest absolute Gasteiger partial charge is 0.465 e. The molecule has 0 spiro atoms. The van der Waals surface area contributed by atoms with Gasteiger partial charge in [0.2, 0.25) is 5.71 Å². The molecule has 0 aromatic heterocycles. The molecular formula is C12H13N5O2. The third kappa shape index (κ3) is 3.54. The lowest BCUT2D eigenvalue weighted by Crippen LogP contribution is -2.21. The fourth-order valence-corrected chi connectivity index (χ4v) is 1.34. The Morgan fingerprint density at radius 2 is 2.26 bits per heavy atom. The van der Waals surface area contributed by atoms with E-state index in [9.17, 15) is 4.79 Å². The summed E-state index contributed by atoms with van der Waals surface area (Å²) in [4.78, 5) is 11.4. The molecule has 0 atom stereocenters. The molecule has 0 aliphatic heterocycles. The quantitative estimate of drug-likeness (QED) is 0.322. The molecule has 1 rings (SSSR count). The molecule has 0 aliphatic carbocycles. The number of rotatable bonds is 4. The molecule has 7 heteroatoms. The van der Waals surface area contributed by atoms with Gasteiger partial charge in [-0.25, -0.2) is 4.79 Å². The highest BCUT2D eigenvalue weighted by Crippen LogP contribution is 2.16. The van der Waals surface area contributed by atoms with Gasteiger partial charge >= 0.3 is 5.97 Å². The van der Waals surface area contributed by atoms with Crippen LogP contribution in [0.4, 0.5) is 5.69 Å². The zero-order valence-corrected chi connectivity index (χ0v) is 10.5. The van der Waals surface area contributed by atoms with Gasteiger partial charge in [-0.1, -0.05) is 0 Å². The number of nitrogens with one attached hydrogen (secondary N) is 2. The highest BCUT2D eigenvalue weighted by atomic mass is 16.5. The number of benzene rings is 1. The van der Waals surface area contributed by atoms with Gasteiger partial charge in [0.15, 0.2) is 5.84 Å². The lowest BCUT2D eigenvalue weighted by Gasteiger charge is -2.06. The van der Waals surface area contributed by atoms with Crippen molar-refractivity contribution in [1.29, 1.82) is 10.7 Å². The summed E-state index contributed by atoms with van der Waals surface area (Å²) in [6.45, 7) is 1.75. The van der Waals surface area contributed by atoms with E-state index in [0.717, 1.165) is 0 Å². The van der Waals surface area contributed by atoms with Gasteiger partial charge in [0.05, 0.1) is 18.4 Å². The normalized spacial score (nSPS) is 10.5. The maximum Gasteiger partial charge on any atom is 0.338 e. The number of carbonyl (C=O) groups is 1. The van der Waals surface area contributed by atoms with Crippen molar-refractivity contribution < 1.29 is 9.53 Å². The van der Waals surface area contributed by atoms with E-state index in [2.05, 4.69) is 15.3 Å². The van der Waals surface area contributed by atoms with Gasteiger partial charge in [-0.3, -0.25) is 10.8 Å². The molecule has 0 saturated heterocycles. The summed E-state index contributed by atoms with van der Waals surface area (Å²) in [6.07, 6.45) is 0. The van der Waals surface area contributed by atoms with E-state index in [4.69, 9.17) is 16.4 Å². The Labute approximate surface area is 110 Å². The molecule has 1 aromatic carbocycles. The van der Waals surface area contributed by atoms with Crippen LogP contribution < -0.4 is 11.2 Å². The number of nitriles is 1. The molecule has 0 bridgehead atoms. The van der Waals surface area contributed by atoms with Gasteiger partial charge in [0, 0.05) is 0 Å². The van der Waals surface area contributed by atoms with Crippen LogP contribution in [0.5, 0.6) is 0 Å². The van der Waals surface area contributed by atoms with E-state index in [-0.39, 0.29) is 5.71 Å². The first-order valence-electron chi connectivity index (χ1n) is 5.26. The van der Waals surface area contributed by atoms with Gasteiger partial charge in [-0.2, -0.15) is 10.4 Å². The van der Waals surface area contributed by atoms with Crippen LogP contribution in [-0.2, 0) is 4.74 Å². The van der Waals surface area contributed by atoms with Gasteiger partial charge in [0.1, 0.15) is 6.07 Å². The Morgan fingerprint density at radius 1 is 1.58 bits per heavy atom. The minimum absolute atomic E-state index is 0.213. The average molecular weight is 259 g/mol. The van der Waals surface area contributed by atoms with Crippen LogP contribution in [0.3, 0.4) is 0 Å². The smallest absolute Gasteiger partial charge is 0.338 e. The zero-order chi connectivity index (χ0) is 14.4. The van der Waals surface area contributed by atoms with Crippen molar-refractivity contribution in [1.82, 2.24) is 0 Å². The third-order valence-electron chi connectivity index (χ3n) is 2.29. The molecule has 98 valence electrons. The summed E-state index contributed by atoms with van der Waals surface area (Å²) in [5, 5.41) is 19.5. The molecule has 0 radical (unpaired) electrons. The number of anilines is 1. The topological polar surface area (TPSA) is 124 Å². The molecule has 7 nitrogen and oxygen atoms in total. The summed E-state index contributed by atoms with van der Waals surface area (Å²) < 4.78 is 4.63. The van der Waals surface area contributed by atoms with E-state index in [0.29, 0.717) is 16.8 Å². The third-order valence-corrected chi connectivity index (χ3v) is 2.29. The average Bonchev–Trinajstić information content (AvgIpc) is 2.38. The number of hydrogen-bond acceptors (Lipinski definition) is 6. The van der Waals surface area contributed by atoms with E-state index in [1.807, 2.05) is 0 Å². The van der Waals surface area contributed by atoms with Gasteiger partial charge in [-0.05, 0) is 30.7 Å². The van der Waals surface area contributed by atoms with E-state index in [1.54, 1.807) is 31.2 Å². The Morgan fingerprint density at radius 3 is 2.74 bits per heavy atom. The number of carbonyl (C=O) groups excluding carboxylic acids is 1. The van der Waals surface area contributed by atoms with Crippen molar-refractivity contribution in [3.8, 4) is 6.07 Å². The van der Waals surface area contributed by atoms with Crippen molar-refractivity contribution in [2.45, 2.75) is 6.92 Å². The van der Waals surface area contributed by atoms with Crippen molar-refractivity contribution in [3.63, 3.8) is 0 Å². The summed E-state index contributed by atoms with van der Waals surface area (Å²) >= 11 is 0. The number of nitrogens with zero attached hydrogens (tertiary/aromatic N) is 2. The highest BCUT2D eigenvalue weighted by molar-refractivity contribution is 6.45. The summed E-state index contributed by atoms with van der Waals surface area (Å²) in [5.41, 5.74) is 9.25. The molecule has 0 aliphatic rings. The number of esters is 1. The molecule has 0 saturated carbocycles. The van der Waals surface area contributed by atoms with Crippen LogP contribution in [0.15, 0.2) is 23.3 Å². The van der Waals surface area contributed by atoms with Crippen molar-refractivity contribution >= 4 is 23.2 Å². The van der Waals surface area contributed by atoms with Crippen LogP contribution in [0.2, 0.25) is 0 Å². The SMILES string of the molecule is COC(=O)c1ccc(N/N=C(\C#N)C(=N)N)cc1C. The predicted molar refractivity (Wildman–Crippen MR) is 71.1 cm³/mol. The minimum Gasteiger partial charge on any atom is -0.465 e. The fraction of sp³-hybridized carbons (Fsp3) is 0.167. The Balaban J connectivity index is 2.94. The van der Waals surface area contributed by atoms with E-state index in [1.165, 1.54) is 7.11 Å². The molecule has 19 heavy (non-hydrogen) atoms. The number of methoxy groups -OCH3 is 1. The predicted octanol–water partition coefficient (Wildman–Crippen LogP) is 1.01. The number of amidine groups is 1. The molecule has 4 N–H and O–H groups in total. The maximum atomic E-state index is 11.4. The second-order valence-electron chi connectivity index (χ2n) is 3.62. The Bertz CT molecular complexity index is 586. The zero-order valence-electron chi connectivity index (χ0n) is 10.5. The van der Waals surface area contributed by atoms with Gasteiger partial charge < -0.3 is 10.5 Å². The molecule has 0 fully saturated rings. The molecule has 1 aromatic rings. The first-order valence-corrected chi connectivity index (χ1v) is 5.26. The highest BCUT2D eigenvalue weighted by Gasteiger charge is 2.09. The molecule has 0 heterocycles. The second-order valence-corrected chi connectivity index (χ2v) is 3.62. The van der Waals surface area contributed by atoms with E-state index >= 15 is 0 Å². The van der Waals surface area contributed by atoms with Crippen LogP contribution in [0, 0.1) is 23.7 Å². The number of ether oxygens (including phenoxy) is 1. The first kappa shape index (κ1) is 14.2. The lowest BCUT2D eigenvalue weighted by atomic mass is 10.1. The second kappa shape index (κ2) is 6.16. The van der Waals surface area contributed by atoms with Crippen molar-refractivity contribution in [2.24, 2.45) is 10.8 Å². The Hall–Kier alpha value is -2.88. The standard InChI is InChI=1S/C12H13N5O2/c1-7-5-8(3-4-9(7)12(18)19-2)16-17-10(6-13)11(14)15/h3-5,16H,1-2H3,(H3,14,15)/b17-10+. The van der Waals surface area contributed by atoms with Crippen LogP contribution in [0.1, 0.15) is 15.9 Å². The molecule has 0 amide bonds. The number of nitrogens with two attached hydrogens (primary N) is 1. The summed E-state index contributed by atoms with van der Waals surface area (Å²) in [5.74, 6) is -0.841. The van der Waals surface area contributed by atoms with Gasteiger partial charge in [0.25, 0.3) is 0 Å². The van der Waals surface area contributed by atoms with Crippen molar-refractivity contribution in [3.05, 3.63) is 29.3 Å². The van der Waals surface area contributed by atoms with Crippen LogP contribution >= 0.6 is 0 Å². The maximum absolute atomic E-state index is 11.4. The van der Waals surface area contributed by atoms with Crippen LogP contribution in [0.25, 0.3) is 0 Å². The first-order chi connectivity index (χ1) is 8.99. The minimum atomic E-state index is -0.422. The van der Waals surface area contributed by atoms with Gasteiger partial charge in [-0.15, -0.1) is 0 Å². The molecule has 0 unspecified atom stereocenters. The van der Waals surface area contributed by atoms with Crippen LogP contribution in [-0.4, -0.2) is 24.6 Å². The van der Waals surface area contributed by atoms with E-state index < -0.39 is 11.8 Å².